The van der Waals surface area contributed by atoms with Gasteiger partial charge < -0.3 is 5.11 Å². The third kappa shape index (κ3) is 2.89. The standard InChI is InChI=1S/C10H10Cl2O2/c1-6(4-10(13)14)8-3-2-7(11)5-9(8)12/h2-3,5-6H,4H2,1H3,(H,13,14)/t6-/m0/s1. The van der Waals surface area contributed by atoms with E-state index in [1.807, 2.05) is 6.92 Å². The van der Waals surface area contributed by atoms with E-state index in [2.05, 4.69) is 0 Å². The number of aliphatic carboxylic acids is 1. The summed E-state index contributed by atoms with van der Waals surface area (Å²) < 4.78 is 0. The number of benzene rings is 1. The predicted molar refractivity (Wildman–Crippen MR) is 57.1 cm³/mol. The summed E-state index contributed by atoms with van der Waals surface area (Å²) in [5.74, 6) is -0.930. The Morgan fingerprint density at radius 2 is 2.14 bits per heavy atom. The Morgan fingerprint density at radius 1 is 1.50 bits per heavy atom. The van der Waals surface area contributed by atoms with Crippen LogP contribution in [0.5, 0.6) is 0 Å². The van der Waals surface area contributed by atoms with Crippen LogP contribution < -0.4 is 0 Å². The molecule has 4 heteroatoms. The zero-order valence-corrected chi connectivity index (χ0v) is 9.14. The van der Waals surface area contributed by atoms with E-state index >= 15 is 0 Å². The van der Waals surface area contributed by atoms with Crippen LogP contribution in [0.15, 0.2) is 18.2 Å². The zero-order chi connectivity index (χ0) is 10.7. The van der Waals surface area contributed by atoms with Gasteiger partial charge in [0.15, 0.2) is 0 Å². The second kappa shape index (κ2) is 4.67. The van der Waals surface area contributed by atoms with E-state index < -0.39 is 5.97 Å². The molecule has 0 aliphatic rings. The van der Waals surface area contributed by atoms with Crippen molar-refractivity contribution in [2.45, 2.75) is 19.3 Å². The van der Waals surface area contributed by atoms with E-state index in [9.17, 15) is 4.79 Å². The molecule has 1 N–H and O–H groups in total. The third-order valence-corrected chi connectivity index (χ3v) is 2.54. The molecule has 0 aliphatic heterocycles. The average Bonchev–Trinajstić information content (AvgIpc) is 2.01. The first-order chi connectivity index (χ1) is 6.50. The molecule has 0 saturated carbocycles. The SMILES string of the molecule is C[C@@H](CC(=O)O)c1ccc(Cl)cc1Cl. The lowest BCUT2D eigenvalue weighted by atomic mass is 9.98. The molecule has 0 aliphatic carbocycles. The highest BCUT2D eigenvalue weighted by Gasteiger charge is 2.13. The second-order valence-corrected chi connectivity index (χ2v) is 4.01. The van der Waals surface area contributed by atoms with Gasteiger partial charge in [0.1, 0.15) is 0 Å². The van der Waals surface area contributed by atoms with Crippen LogP contribution in [0.4, 0.5) is 0 Å². The molecule has 76 valence electrons. The van der Waals surface area contributed by atoms with Crippen LogP contribution in [0, 0.1) is 0 Å². The maximum absolute atomic E-state index is 10.5. The van der Waals surface area contributed by atoms with Gasteiger partial charge in [-0.05, 0) is 23.6 Å². The Balaban J connectivity index is 2.90. The van der Waals surface area contributed by atoms with Crippen molar-refractivity contribution in [3.8, 4) is 0 Å². The minimum absolute atomic E-state index is 0.0708. The van der Waals surface area contributed by atoms with E-state index in [4.69, 9.17) is 28.3 Å². The van der Waals surface area contributed by atoms with Gasteiger partial charge in [-0.15, -0.1) is 0 Å². The molecule has 0 aromatic heterocycles. The monoisotopic (exact) mass is 232 g/mol. The van der Waals surface area contributed by atoms with Gasteiger partial charge in [-0.25, -0.2) is 0 Å². The Bertz CT molecular complexity index is 350. The van der Waals surface area contributed by atoms with E-state index in [0.29, 0.717) is 10.0 Å². The highest BCUT2D eigenvalue weighted by atomic mass is 35.5. The Kier molecular flexibility index (Phi) is 3.78. The zero-order valence-electron chi connectivity index (χ0n) is 7.63. The molecule has 14 heavy (non-hydrogen) atoms. The summed E-state index contributed by atoms with van der Waals surface area (Å²) >= 11 is 11.7. The van der Waals surface area contributed by atoms with Crippen LogP contribution in [0.25, 0.3) is 0 Å². The van der Waals surface area contributed by atoms with E-state index in [1.165, 1.54) is 0 Å². The predicted octanol–water partition coefficient (Wildman–Crippen LogP) is 3.57. The second-order valence-electron chi connectivity index (χ2n) is 3.16. The molecule has 1 rings (SSSR count). The lowest BCUT2D eigenvalue weighted by molar-refractivity contribution is -0.137. The summed E-state index contributed by atoms with van der Waals surface area (Å²) in [5, 5.41) is 9.70. The molecule has 0 bridgehead atoms. The number of rotatable bonds is 3. The Labute approximate surface area is 92.5 Å². The van der Waals surface area contributed by atoms with Crippen LogP contribution in [-0.4, -0.2) is 11.1 Å². The van der Waals surface area contributed by atoms with Gasteiger partial charge in [0.05, 0.1) is 6.42 Å². The van der Waals surface area contributed by atoms with Crippen molar-refractivity contribution in [1.82, 2.24) is 0 Å². The maximum Gasteiger partial charge on any atom is 0.303 e. The average molecular weight is 233 g/mol. The number of hydrogen-bond donors (Lipinski definition) is 1. The first kappa shape index (κ1) is 11.3. The minimum atomic E-state index is -0.830. The van der Waals surface area contributed by atoms with Crippen molar-refractivity contribution in [2.75, 3.05) is 0 Å². The Morgan fingerprint density at radius 3 is 2.64 bits per heavy atom. The topological polar surface area (TPSA) is 37.3 Å². The van der Waals surface area contributed by atoms with Gasteiger partial charge in [0.25, 0.3) is 0 Å². The van der Waals surface area contributed by atoms with E-state index in [0.717, 1.165) is 5.56 Å². The van der Waals surface area contributed by atoms with E-state index in [1.54, 1.807) is 18.2 Å². The van der Waals surface area contributed by atoms with Crippen LogP contribution in [0.2, 0.25) is 10.0 Å². The summed E-state index contributed by atoms with van der Waals surface area (Å²) in [5.41, 5.74) is 0.818. The lowest BCUT2D eigenvalue weighted by Gasteiger charge is -2.11. The van der Waals surface area contributed by atoms with Crippen molar-refractivity contribution in [3.63, 3.8) is 0 Å². The summed E-state index contributed by atoms with van der Waals surface area (Å²) in [7, 11) is 0. The van der Waals surface area contributed by atoms with Crippen molar-refractivity contribution in [1.29, 1.82) is 0 Å². The van der Waals surface area contributed by atoms with E-state index in [-0.39, 0.29) is 12.3 Å². The largest absolute Gasteiger partial charge is 0.481 e. The quantitative estimate of drug-likeness (QED) is 0.866. The van der Waals surface area contributed by atoms with Crippen molar-refractivity contribution < 1.29 is 9.90 Å². The summed E-state index contributed by atoms with van der Waals surface area (Å²) in [4.78, 5) is 10.5. The molecule has 0 amide bonds. The number of hydrogen-bond acceptors (Lipinski definition) is 1. The highest BCUT2D eigenvalue weighted by Crippen LogP contribution is 2.29. The molecule has 1 aromatic carbocycles. The summed E-state index contributed by atoms with van der Waals surface area (Å²) in [6.45, 7) is 1.82. The molecule has 2 nitrogen and oxygen atoms in total. The van der Waals surface area contributed by atoms with Crippen molar-refractivity contribution in [3.05, 3.63) is 33.8 Å². The Hall–Kier alpha value is -0.730. The van der Waals surface area contributed by atoms with Gasteiger partial charge in [-0.2, -0.15) is 0 Å². The summed E-state index contributed by atoms with van der Waals surface area (Å²) in [6, 6.07) is 5.09. The number of carbonyl (C=O) groups is 1. The fourth-order valence-electron chi connectivity index (χ4n) is 1.27. The molecule has 1 atom stereocenters. The van der Waals surface area contributed by atoms with Crippen LogP contribution >= 0.6 is 23.2 Å². The maximum atomic E-state index is 10.5. The number of carboxylic acids is 1. The molecule has 0 saturated heterocycles. The normalized spacial score (nSPS) is 12.5. The van der Waals surface area contributed by atoms with Gasteiger partial charge in [-0.1, -0.05) is 36.2 Å². The molecule has 0 heterocycles. The van der Waals surface area contributed by atoms with Gasteiger partial charge in [0, 0.05) is 10.0 Å². The molecule has 1 aromatic rings. The van der Waals surface area contributed by atoms with Crippen LogP contribution in [0.1, 0.15) is 24.8 Å². The molecule has 0 fully saturated rings. The molecule has 0 unspecified atom stereocenters. The van der Waals surface area contributed by atoms with Crippen LogP contribution in [0.3, 0.4) is 0 Å². The number of halogens is 2. The molecular formula is C10H10Cl2O2. The van der Waals surface area contributed by atoms with Crippen molar-refractivity contribution in [2.24, 2.45) is 0 Å². The fourth-order valence-corrected chi connectivity index (χ4v) is 1.87. The minimum Gasteiger partial charge on any atom is -0.481 e. The summed E-state index contributed by atoms with van der Waals surface area (Å²) in [6.07, 6.45) is 0.0708. The van der Waals surface area contributed by atoms with Crippen LogP contribution in [-0.2, 0) is 4.79 Å². The smallest absolute Gasteiger partial charge is 0.303 e. The fraction of sp³-hybridized carbons (Fsp3) is 0.300. The highest BCUT2D eigenvalue weighted by molar-refractivity contribution is 6.35. The lowest BCUT2D eigenvalue weighted by Crippen LogP contribution is -2.03. The molecule has 0 radical (unpaired) electrons. The van der Waals surface area contributed by atoms with Gasteiger partial charge in [-0.3, -0.25) is 4.79 Å². The first-order valence-electron chi connectivity index (χ1n) is 4.17. The number of carboxylic acid groups (broad SMARTS) is 1. The molecular weight excluding hydrogens is 223 g/mol. The van der Waals surface area contributed by atoms with Gasteiger partial charge in [0.2, 0.25) is 0 Å². The van der Waals surface area contributed by atoms with Crippen molar-refractivity contribution >= 4 is 29.2 Å². The van der Waals surface area contributed by atoms with Gasteiger partial charge >= 0.3 is 5.97 Å². The third-order valence-electron chi connectivity index (χ3n) is 1.97. The molecule has 0 spiro atoms. The first-order valence-corrected chi connectivity index (χ1v) is 4.93.